The van der Waals surface area contributed by atoms with Crippen molar-refractivity contribution >= 4 is 33.5 Å². The van der Waals surface area contributed by atoms with Gasteiger partial charge in [0.2, 0.25) is 0 Å². The molecule has 2 atom stereocenters. The van der Waals surface area contributed by atoms with Crippen molar-refractivity contribution in [3.8, 4) is 0 Å². The van der Waals surface area contributed by atoms with Crippen LogP contribution in [0, 0.1) is 0 Å². The molecule has 0 bridgehead atoms. The highest BCUT2D eigenvalue weighted by Crippen LogP contribution is 2.38. The summed E-state index contributed by atoms with van der Waals surface area (Å²) in [7, 11) is -3.04. The van der Waals surface area contributed by atoms with Gasteiger partial charge in [-0.25, -0.2) is 13.2 Å². The van der Waals surface area contributed by atoms with Crippen LogP contribution in [0.4, 0.5) is 0 Å². The molecule has 1 unspecified atom stereocenters. The maximum Gasteiger partial charge on any atom is 0.337 e. The molecule has 9 heteroatoms. The lowest BCUT2D eigenvalue weighted by atomic mass is 10.1. The summed E-state index contributed by atoms with van der Waals surface area (Å²) in [5.41, 5.74) is 0.408. The molecule has 0 radical (unpaired) electrons. The molecule has 0 saturated carbocycles. The van der Waals surface area contributed by atoms with Crippen LogP contribution in [0.15, 0.2) is 11.1 Å². The van der Waals surface area contributed by atoms with Crippen molar-refractivity contribution in [2.24, 2.45) is 0 Å². The summed E-state index contributed by atoms with van der Waals surface area (Å²) in [6.07, 6.45) is 2.65. The summed E-state index contributed by atoms with van der Waals surface area (Å²) in [4.78, 5) is 27.9. The molecule has 0 spiro atoms. The number of carbonyl (C=O) groups is 2. The summed E-state index contributed by atoms with van der Waals surface area (Å²) >= 11 is 1.12. The van der Waals surface area contributed by atoms with Crippen molar-refractivity contribution in [2.75, 3.05) is 18.1 Å². The van der Waals surface area contributed by atoms with Gasteiger partial charge < -0.3 is 14.9 Å². The van der Waals surface area contributed by atoms with E-state index >= 15 is 0 Å². The molecule has 2 saturated heterocycles. The number of carboxylic acids is 1. The van der Waals surface area contributed by atoms with E-state index in [9.17, 15) is 23.1 Å². The Kier molecular flexibility index (Phi) is 4.83. The number of likely N-dealkylation sites (tertiary alicyclic amines) is 1. The minimum atomic E-state index is -3.04. The first-order valence-corrected chi connectivity index (χ1v) is 10.9. The lowest BCUT2D eigenvalue weighted by Gasteiger charge is -2.37. The molecule has 24 heavy (non-hydrogen) atoms. The second-order valence-electron chi connectivity index (χ2n) is 6.61. The van der Waals surface area contributed by atoms with Gasteiger partial charge in [0.15, 0.2) is 5.37 Å². The Balaban J connectivity index is 1.82. The van der Waals surface area contributed by atoms with Crippen LogP contribution < -0.4 is 0 Å². The van der Waals surface area contributed by atoms with Crippen LogP contribution in [0.2, 0.25) is 0 Å². The quantitative estimate of drug-likeness (QED) is 0.783. The monoisotopic (exact) mass is 374 g/mol. The molecule has 3 rings (SSSR count). The highest BCUT2D eigenvalue weighted by atomic mass is 32.2. The van der Waals surface area contributed by atoms with Gasteiger partial charge in [-0.05, 0) is 32.6 Å². The Hall–Kier alpha value is -1.22. The SMILES string of the molecule is CC1CCCN1C(=O)C1=CS[C@@H](C(=O)O)N1C1CCS(=O)(=O)CC1. The fourth-order valence-corrected chi connectivity index (χ4v) is 6.13. The predicted molar refractivity (Wildman–Crippen MR) is 91.0 cm³/mol. The molecule has 3 heterocycles. The molecule has 7 nitrogen and oxygen atoms in total. The van der Waals surface area contributed by atoms with E-state index in [2.05, 4.69) is 0 Å². The molecule has 0 aromatic carbocycles. The molecule has 0 aromatic rings. The van der Waals surface area contributed by atoms with Gasteiger partial charge >= 0.3 is 5.97 Å². The summed E-state index contributed by atoms with van der Waals surface area (Å²) in [6.45, 7) is 2.69. The Morgan fingerprint density at radius 2 is 1.92 bits per heavy atom. The first kappa shape index (κ1) is 17.6. The zero-order chi connectivity index (χ0) is 17.5. The second kappa shape index (κ2) is 6.59. The van der Waals surface area contributed by atoms with Crippen molar-refractivity contribution in [1.82, 2.24) is 9.80 Å². The number of aliphatic carboxylic acids is 1. The molecule has 3 aliphatic rings. The number of sulfone groups is 1. The molecule has 0 aliphatic carbocycles. The maximum atomic E-state index is 12.9. The zero-order valence-electron chi connectivity index (χ0n) is 13.6. The second-order valence-corrected chi connectivity index (χ2v) is 9.87. The van der Waals surface area contributed by atoms with Gasteiger partial charge in [-0.2, -0.15) is 0 Å². The standard InChI is InChI=1S/C15H22N2O5S2/c1-10-3-2-6-16(10)13(18)12-9-23-14(15(19)20)17(12)11-4-7-24(21,22)8-5-11/h9-11,14H,2-8H2,1H3,(H,19,20)/t10?,14-/m0/s1. The predicted octanol–water partition coefficient (Wildman–Crippen LogP) is 0.875. The number of hydrogen-bond acceptors (Lipinski definition) is 6. The number of thioether (sulfide) groups is 1. The number of carbonyl (C=O) groups excluding carboxylic acids is 1. The molecule has 2 fully saturated rings. The van der Waals surface area contributed by atoms with E-state index in [1.165, 1.54) is 0 Å². The van der Waals surface area contributed by atoms with Gasteiger partial charge in [-0.1, -0.05) is 11.8 Å². The smallest absolute Gasteiger partial charge is 0.337 e. The third-order valence-corrected chi connectivity index (χ3v) is 7.76. The minimum absolute atomic E-state index is 0.0484. The number of amides is 1. The topological polar surface area (TPSA) is 95.0 Å². The molecule has 1 amide bonds. The number of rotatable bonds is 3. The van der Waals surface area contributed by atoms with E-state index < -0.39 is 21.2 Å². The molecule has 0 aromatic heterocycles. The maximum absolute atomic E-state index is 12.9. The van der Waals surface area contributed by atoms with Crippen LogP contribution in [0.5, 0.6) is 0 Å². The van der Waals surface area contributed by atoms with Crippen molar-refractivity contribution in [1.29, 1.82) is 0 Å². The normalized spacial score (nSPS) is 30.5. The fourth-order valence-electron chi connectivity index (χ4n) is 3.65. The van der Waals surface area contributed by atoms with Crippen molar-refractivity contribution in [2.45, 2.75) is 50.1 Å². The summed E-state index contributed by atoms with van der Waals surface area (Å²) in [5.74, 6) is -1.04. The summed E-state index contributed by atoms with van der Waals surface area (Å²) in [6, 6.07) is -0.0707. The Labute approximate surface area is 146 Å². The lowest BCUT2D eigenvalue weighted by molar-refractivity contribution is -0.140. The molecule has 134 valence electrons. The van der Waals surface area contributed by atoms with Gasteiger partial charge in [-0.15, -0.1) is 0 Å². The fraction of sp³-hybridized carbons (Fsp3) is 0.733. The molecular formula is C15H22N2O5S2. The van der Waals surface area contributed by atoms with Crippen molar-refractivity contribution < 1.29 is 23.1 Å². The van der Waals surface area contributed by atoms with Crippen LogP contribution in [-0.2, 0) is 19.4 Å². The van der Waals surface area contributed by atoms with Gasteiger partial charge in [0.25, 0.3) is 5.91 Å². The summed E-state index contributed by atoms with van der Waals surface area (Å²) < 4.78 is 23.3. The van der Waals surface area contributed by atoms with Gasteiger partial charge in [0.1, 0.15) is 15.5 Å². The highest BCUT2D eigenvalue weighted by molar-refractivity contribution is 8.03. The van der Waals surface area contributed by atoms with Crippen LogP contribution in [0.1, 0.15) is 32.6 Å². The average molecular weight is 374 g/mol. The first-order chi connectivity index (χ1) is 11.3. The van der Waals surface area contributed by atoms with Crippen LogP contribution in [0.25, 0.3) is 0 Å². The average Bonchev–Trinajstić information content (AvgIpc) is 3.13. The van der Waals surface area contributed by atoms with Crippen LogP contribution in [-0.4, -0.2) is 70.7 Å². The Morgan fingerprint density at radius 1 is 1.25 bits per heavy atom. The van der Waals surface area contributed by atoms with E-state index in [0.717, 1.165) is 24.6 Å². The van der Waals surface area contributed by atoms with E-state index in [-0.39, 0.29) is 29.5 Å². The van der Waals surface area contributed by atoms with Crippen LogP contribution >= 0.6 is 11.8 Å². The van der Waals surface area contributed by atoms with Gasteiger partial charge in [-0.3, -0.25) is 4.79 Å². The number of hydrogen-bond donors (Lipinski definition) is 1. The molecular weight excluding hydrogens is 352 g/mol. The largest absolute Gasteiger partial charge is 0.479 e. The summed E-state index contributed by atoms with van der Waals surface area (Å²) in [5, 5.41) is 10.3. The molecule has 1 N–H and O–H groups in total. The zero-order valence-corrected chi connectivity index (χ0v) is 15.2. The van der Waals surface area contributed by atoms with Crippen LogP contribution in [0.3, 0.4) is 0 Å². The highest BCUT2D eigenvalue weighted by Gasteiger charge is 2.43. The molecule has 3 aliphatic heterocycles. The van der Waals surface area contributed by atoms with E-state index in [4.69, 9.17) is 0 Å². The van der Waals surface area contributed by atoms with Gasteiger partial charge in [0.05, 0.1) is 11.5 Å². The Bertz CT molecular complexity index is 661. The Morgan fingerprint density at radius 3 is 2.46 bits per heavy atom. The third kappa shape index (κ3) is 3.28. The van der Waals surface area contributed by atoms with Crippen molar-refractivity contribution in [3.63, 3.8) is 0 Å². The first-order valence-electron chi connectivity index (χ1n) is 8.18. The lowest BCUT2D eigenvalue weighted by Crippen LogP contribution is -2.49. The van der Waals surface area contributed by atoms with E-state index in [1.807, 2.05) is 6.92 Å². The number of carboxylic acid groups (broad SMARTS) is 1. The van der Waals surface area contributed by atoms with E-state index in [1.54, 1.807) is 15.2 Å². The minimum Gasteiger partial charge on any atom is -0.479 e. The third-order valence-electron chi connectivity index (χ3n) is 5.00. The van der Waals surface area contributed by atoms with Gasteiger partial charge in [0, 0.05) is 24.0 Å². The van der Waals surface area contributed by atoms with E-state index in [0.29, 0.717) is 25.1 Å². The number of nitrogens with zero attached hydrogens (tertiary/aromatic N) is 2. The van der Waals surface area contributed by atoms with Crippen molar-refractivity contribution in [3.05, 3.63) is 11.1 Å².